The van der Waals surface area contributed by atoms with Crippen LogP contribution < -0.4 is 30.2 Å². The Kier molecular flexibility index (Phi) is 28.3. The summed E-state index contributed by atoms with van der Waals surface area (Å²) in [5, 5.41) is 37.1. The van der Waals surface area contributed by atoms with E-state index in [1.807, 2.05) is 174 Å². The number of aliphatic hydroxyl groups is 1. The van der Waals surface area contributed by atoms with Crippen molar-refractivity contribution in [2.45, 2.75) is 141 Å². The second-order valence-electron chi connectivity index (χ2n) is 29.4. The van der Waals surface area contributed by atoms with Crippen LogP contribution in [0.4, 0.5) is 0 Å². The van der Waals surface area contributed by atoms with Gasteiger partial charge in [0.2, 0.25) is 0 Å². The molecule has 8 aromatic carbocycles. The molecule has 3 amide bonds. The molecule has 0 unspecified atom stereocenters. The number of ether oxygens (including phenoxy) is 3. The number of aromatic nitrogens is 6. The van der Waals surface area contributed by atoms with Crippen molar-refractivity contribution in [1.29, 1.82) is 0 Å². The number of fused-ring (bicyclic) bond motifs is 3. The Morgan fingerprint density at radius 3 is 1.09 bits per heavy atom. The number of carbonyl (C=O) groups excluding carboxylic acids is 3. The highest BCUT2D eigenvalue weighted by Crippen LogP contribution is 2.42. The van der Waals surface area contributed by atoms with Crippen LogP contribution in [0.15, 0.2) is 188 Å². The molecule has 22 heteroatoms. The topological polar surface area (TPSA) is 189 Å². The lowest BCUT2D eigenvalue weighted by Gasteiger charge is -2.28. The first-order valence-corrected chi connectivity index (χ1v) is 41.5. The number of methoxy groups -OCH3 is 3. The van der Waals surface area contributed by atoms with E-state index in [0.29, 0.717) is 76.6 Å². The average molecular weight is 1660 g/mol. The van der Waals surface area contributed by atoms with Crippen molar-refractivity contribution in [3.8, 4) is 34.3 Å². The molecule has 0 saturated heterocycles. The molecule has 3 atom stereocenters. The van der Waals surface area contributed by atoms with Crippen LogP contribution >= 0.6 is 69.6 Å². The lowest BCUT2D eigenvalue weighted by Crippen LogP contribution is -2.39. The molecule has 3 heterocycles. The molecule has 15 rings (SSSR count). The number of nitrogens with one attached hydrogen (secondary N) is 3. The van der Waals surface area contributed by atoms with Crippen LogP contribution in [-0.2, 0) is 19.3 Å². The summed E-state index contributed by atoms with van der Waals surface area (Å²) in [5.41, 5.74) is 17.1. The van der Waals surface area contributed by atoms with Crippen LogP contribution in [-0.4, -0.2) is 86.1 Å². The number of halogens is 6. The highest BCUT2D eigenvalue weighted by molar-refractivity contribution is 6.37. The Bertz CT molecular complexity index is 5340. The third-order valence-electron chi connectivity index (χ3n) is 21.7. The molecule has 0 spiro atoms. The monoisotopic (exact) mass is 1660 g/mol. The second kappa shape index (κ2) is 39.2. The third kappa shape index (κ3) is 20.2. The predicted octanol–water partition coefficient (Wildman–Crippen LogP) is 23.0. The average Bonchev–Trinajstić information content (AvgIpc) is 1.62. The van der Waals surface area contributed by atoms with Gasteiger partial charge >= 0.3 is 0 Å². The van der Waals surface area contributed by atoms with Crippen molar-refractivity contribution in [1.82, 2.24) is 45.3 Å². The van der Waals surface area contributed by atoms with Gasteiger partial charge in [0, 0.05) is 37.8 Å². The number of hydrogen-bond acceptors (Lipinski definition) is 10. The maximum absolute atomic E-state index is 13.7. The summed E-state index contributed by atoms with van der Waals surface area (Å²) in [5.74, 6) is 2.28. The maximum atomic E-state index is 13.7. The molecule has 115 heavy (non-hydrogen) atoms. The van der Waals surface area contributed by atoms with E-state index in [2.05, 4.69) is 41.1 Å². The van der Waals surface area contributed by atoms with Crippen LogP contribution in [0, 0.1) is 5.92 Å². The Labute approximate surface area is 702 Å². The lowest BCUT2D eigenvalue weighted by molar-refractivity contribution is 0.0903. The third-order valence-corrected chi connectivity index (χ3v) is 23.3. The molecule has 4 N–H and O–H groups in total. The van der Waals surface area contributed by atoms with E-state index >= 15 is 0 Å². The number of nitrogens with zero attached hydrogens (tertiary/aromatic N) is 6. The van der Waals surface area contributed by atoms with Crippen molar-refractivity contribution in [3.63, 3.8) is 0 Å². The lowest BCUT2D eigenvalue weighted by atomic mass is 9.84. The summed E-state index contributed by atoms with van der Waals surface area (Å²) < 4.78 is 21.4. The highest BCUT2D eigenvalue weighted by atomic mass is 35.5. The molecule has 11 aromatic rings. The fraction of sp³-hybridized carbons (Fsp3) is 0.290. The number of amides is 3. The molecule has 1 fully saturated rings. The van der Waals surface area contributed by atoms with E-state index in [4.69, 9.17) is 99.1 Å². The van der Waals surface area contributed by atoms with E-state index in [1.165, 1.54) is 32.1 Å². The van der Waals surface area contributed by atoms with E-state index in [-0.39, 0.29) is 36.4 Å². The normalized spacial score (nSPS) is 16.0. The number of hydrogen-bond donors (Lipinski definition) is 4. The van der Waals surface area contributed by atoms with Gasteiger partial charge in [-0.1, -0.05) is 186 Å². The molecule has 0 bridgehead atoms. The zero-order valence-electron chi connectivity index (χ0n) is 65.0. The minimum absolute atomic E-state index is 0.103. The summed E-state index contributed by atoms with van der Waals surface area (Å²) in [4.78, 5) is 41.1. The van der Waals surface area contributed by atoms with Crippen molar-refractivity contribution in [2.24, 2.45) is 5.92 Å². The summed E-state index contributed by atoms with van der Waals surface area (Å²) in [6, 6.07) is 58.6. The number of benzene rings is 8. The molecule has 3 aromatic heterocycles. The molecular formula is C93H93Cl6N9O7. The molecule has 4 aliphatic rings. The largest absolute Gasteiger partial charge is 0.497 e. The van der Waals surface area contributed by atoms with Crippen LogP contribution in [0.25, 0.3) is 52.0 Å². The minimum Gasteiger partial charge on any atom is -0.497 e. The molecule has 16 nitrogen and oxygen atoms in total. The predicted molar refractivity (Wildman–Crippen MR) is 466 cm³/mol. The highest BCUT2D eigenvalue weighted by Gasteiger charge is 2.34. The molecule has 1 saturated carbocycles. The van der Waals surface area contributed by atoms with Gasteiger partial charge < -0.3 is 35.3 Å². The number of carbonyl (C=O) groups is 3. The van der Waals surface area contributed by atoms with E-state index < -0.39 is 6.04 Å². The smallest absolute Gasteiger partial charge is 0.272 e. The molecule has 0 aliphatic heterocycles. The van der Waals surface area contributed by atoms with Crippen LogP contribution in [0.2, 0.25) is 30.1 Å². The minimum atomic E-state index is -0.557. The molecule has 594 valence electrons. The first-order chi connectivity index (χ1) is 55.9. The van der Waals surface area contributed by atoms with Crippen molar-refractivity contribution in [3.05, 3.63) is 297 Å². The van der Waals surface area contributed by atoms with Gasteiger partial charge in [-0.25, -0.2) is 14.0 Å². The fourth-order valence-corrected chi connectivity index (χ4v) is 17.1. The zero-order valence-corrected chi connectivity index (χ0v) is 69.6. The van der Waals surface area contributed by atoms with E-state index in [9.17, 15) is 19.5 Å². The van der Waals surface area contributed by atoms with Gasteiger partial charge in [0.15, 0.2) is 17.1 Å². The van der Waals surface area contributed by atoms with E-state index in [1.54, 1.807) is 56.3 Å². The van der Waals surface area contributed by atoms with Gasteiger partial charge in [-0.3, -0.25) is 14.4 Å². The first kappa shape index (κ1) is 83.1. The van der Waals surface area contributed by atoms with Crippen LogP contribution in [0.3, 0.4) is 0 Å². The fourth-order valence-electron chi connectivity index (χ4n) is 15.7. The van der Waals surface area contributed by atoms with Gasteiger partial charge in [0.05, 0.1) is 89.2 Å². The Morgan fingerprint density at radius 1 is 0.417 bits per heavy atom. The Hall–Kier alpha value is -9.88. The standard InChI is InChI=1S/C31H29Cl2N3O3.C31H35Cl2N3O2.C31H29Cl2N3O2/c1-39-24-14-11-20(12-15-24)17-22-9-5-6-10-25-29(31(38)34-27(19-37)21-7-3-2-4-8-21)35-36(30(22)25)28-16-13-23(32)18-26(28)33;2*1-20(22-8-4-3-5-9-22)34-31(37)29-26-11-7-6-10-23(18-21-12-15-25(38-2)16-13-21)30(26)36(35-29)28-17-14-24(32)19-27(28)33/h2-4,7-8,11-18,27,37H,5-6,9-10,19H2,1H3,(H,34,38);12-20,22H,3-11H2,1-2H3,(H,34,37);3-5,8-9,12-20H,6-7,10-11H2,1-2H3,(H,34,37)/b22-17+;2*23-18+/t27-;2*20-/m110/s1. The second-order valence-corrected chi connectivity index (χ2v) is 31.9. The zero-order chi connectivity index (χ0) is 80.7. The number of rotatable bonds is 19. The summed E-state index contributed by atoms with van der Waals surface area (Å²) in [6.07, 6.45) is 23.3. The van der Waals surface area contributed by atoms with E-state index in [0.717, 1.165) is 166 Å². The summed E-state index contributed by atoms with van der Waals surface area (Å²) in [6.45, 7) is 3.88. The van der Waals surface area contributed by atoms with Crippen molar-refractivity contribution < 1.29 is 33.7 Å². The van der Waals surface area contributed by atoms with Crippen molar-refractivity contribution >= 4 is 122 Å². The maximum Gasteiger partial charge on any atom is 0.272 e. The Morgan fingerprint density at radius 2 is 0.748 bits per heavy atom. The summed E-state index contributed by atoms with van der Waals surface area (Å²) in [7, 11) is 4.97. The SMILES string of the molecule is COc1ccc(/C=C2\CCCCc3c(C(=O)N[C@@H](C)c4ccccc4)nn(-c4ccc(Cl)cc4Cl)c32)cc1.COc1ccc(/C=C2\CCCCc3c(C(=O)N[C@H](C)C4CCCCC4)nn(-c4ccc(Cl)cc4Cl)c32)cc1.COc1ccc(/C=C2\CCCCc3c(C(=O)N[C@H](CO)c4ccccc4)nn(-c4ccc(Cl)cc4Cl)c32)cc1. The Balaban J connectivity index is 0.000000150. The molecule has 0 radical (unpaired) electrons. The number of allylic oxidation sites excluding steroid dienone is 3. The van der Waals surface area contributed by atoms with Gasteiger partial charge in [-0.05, 0) is 263 Å². The van der Waals surface area contributed by atoms with Crippen LogP contribution in [0.5, 0.6) is 17.2 Å². The van der Waals surface area contributed by atoms with Gasteiger partial charge in [0.25, 0.3) is 17.7 Å². The number of aliphatic hydroxyl groups excluding tert-OH is 1. The van der Waals surface area contributed by atoms with Crippen LogP contribution in [0.1, 0.15) is 209 Å². The first-order valence-electron chi connectivity index (χ1n) is 39.3. The summed E-state index contributed by atoms with van der Waals surface area (Å²) >= 11 is 38.6. The van der Waals surface area contributed by atoms with Gasteiger partial charge in [-0.2, -0.15) is 15.3 Å². The quantitative estimate of drug-likeness (QED) is 0.0567. The van der Waals surface area contributed by atoms with Crippen molar-refractivity contribution in [2.75, 3.05) is 27.9 Å². The molecule has 4 aliphatic carbocycles. The van der Waals surface area contributed by atoms with Gasteiger partial charge in [-0.15, -0.1) is 0 Å². The molecular weight excluding hydrogens is 1570 g/mol. The van der Waals surface area contributed by atoms with Gasteiger partial charge in [0.1, 0.15) is 17.2 Å².